The van der Waals surface area contributed by atoms with E-state index in [9.17, 15) is 14.9 Å². The smallest absolute Gasteiger partial charge is 0.271 e. The number of hydrogen-bond acceptors (Lipinski definition) is 3. The molecule has 7 heteroatoms. The van der Waals surface area contributed by atoms with E-state index < -0.39 is 10.8 Å². The molecule has 2 aromatic rings. The average molecular weight is 382 g/mol. The predicted octanol–water partition coefficient (Wildman–Crippen LogP) is 4.66. The molecule has 0 spiro atoms. The fraction of sp³-hybridized carbons (Fsp3) is 0. The van der Waals surface area contributed by atoms with Crippen LogP contribution in [0.15, 0.2) is 53.0 Å². The number of nitrogens with zero attached hydrogens (tertiary/aromatic N) is 1. The van der Waals surface area contributed by atoms with Gasteiger partial charge in [0.05, 0.1) is 15.6 Å². The summed E-state index contributed by atoms with van der Waals surface area (Å²) in [4.78, 5) is 22.0. The number of carbonyl (C=O) groups is 1. The van der Waals surface area contributed by atoms with Crippen molar-refractivity contribution in [1.29, 1.82) is 0 Å². The summed E-state index contributed by atoms with van der Waals surface area (Å²) in [5.41, 5.74) is 0.904. The van der Waals surface area contributed by atoms with E-state index in [0.29, 0.717) is 0 Å². The molecule has 22 heavy (non-hydrogen) atoms. The third kappa shape index (κ3) is 4.41. The first-order valence-electron chi connectivity index (χ1n) is 6.14. The molecule has 0 bridgehead atoms. The van der Waals surface area contributed by atoms with Gasteiger partial charge in [-0.1, -0.05) is 39.7 Å². The maximum Gasteiger partial charge on any atom is 0.271 e. The zero-order valence-electron chi connectivity index (χ0n) is 11.1. The van der Waals surface area contributed by atoms with Gasteiger partial charge in [-0.3, -0.25) is 14.9 Å². The number of nitro groups is 1. The summed E-state index contributed by atoms with van der Waals surface area (Å²) >= 11 is 9.24. The molecular weight excluding hydrogens is 372 g/mol. The molecule has 0 saturated carbocycles. The van der Waals surface area contributed by atoms with Crippen LogP contribution in [0.2, 0.25) is 5.02 Å². The zero-order valence-corrected chi connectivity index (χ0v) is 13.5. The van der Waals surface area contributed by atoms with Gasteiger partial charge in [-0.25, -0.2) is 0 Å². The summed E-state index contributed by atoms with van der Waals surface area (Å²) in [6.07, 6.45) is 2.96. The van der Waals surface area contributed by atoms with Crippen LogP contribution in [0.1, 0.15) is 5.56 Å². The largest absolute Gasteiger partial charge is 0.321 e. The molecule has 0 saturated heterocycles. The lowest BCUT2D eigenvalue weighted by Crippen LogP contribution is -2.08. The summed E-state index contributed by atoms with van der Waals surface area (Å²) in [6.45, 7) is 0. The summed E-state index contributed by atoms with van der Waals surface area (Å²) in [5, 5.41) is 13.5. The molecule has 0 aliphatic heterocycles. The van der Waals surface area contributed by atoms with E-state index in [1.165, 1.54) is 24.3 Å². The highest BCUT2D eigenvalue weighted by Gasteiger charge is 2.10. The van der Waals surface area contributed by atoms with Crippen LogP contribution in [-0.2, 0) is 4.79 Å². The zero-order chi connectivity index (χ0) is 16.1. The van der Waals surface area contributed by atoms with E-state index in [1.807, 2.05) is 24.3 Å². The minimum absolute atomic E-state index is 0.142. The lowest BCUT2D eigenvalue weighted by atomic mass is 10.2. The monoisotopic (exact) mass is 380 g/mol. The van der Waals surface area contributed by atoms with Crippen LogP contribution in [0.4, 0.5) is 11.4 Å². The first kappa shape index (κ1) is 16.2. The number of halogens is 2. The summed E-state index contributed by atoms with van der Waals surface area (Å²) in [7, 11) is 0. The molecule has 0 fully saturated rings. The highest BCUT2D eigenvalue weighted by atomic mass is 79.9. The SMILES string of the molecule is O=C(C=Cc1ccc(Br)cc1)Nc1cc([N+](=O)[O-])ccc1Cl. The molecule has 0 aliphatic carbocycles. The Labute approximate surface area is 139 Å². The van der Waals surface area contributed by atoms with E-state index >= 15 is 0 Å². The Kier molecular flexibility index (Phi) is 5.30. The fourth-order valence-corrected chi connectivity index (χ4v) is 2.07. The summed E-state index contributed by atoms with van der Waals surface area (Å²) in [5.74, 6) is -0.426. The van der Waals surface area contributed by atoms with Crippen molar-refractivity contribution in [2.24, 2.45) is 0 Å². The van der Waals surface area contributed by atoms with Gasteiger partial charge in [0.15, 0.2) is 0 Å². The number of rotatable bonds is 4. The summed E-state index contributed by atoms with van der Waals surface area (Å²) in [6, 6.07) is 11.3. The van der Waals surface area contributed by atoms with Gasteiger partial charge in [-0.05, 0) is 29.8 Å². The average Bonchev–Trinajstić information content (AvgIpc) is 2.48. The number of nitrogens with one attached hydrogen (secondary N) is 1. The molecule has 0 heterocycles. The highest BCUT2D eigenvalue weighted by Crippen LogP contribution is 2.26. The Morgan fingerprint density at radius 1 is 1.23 bits per heavy atom. The molecule has 5 nitrogen and oxygen atoms in total. The number of nitro benzene ring substituents is 1. The lowest BCUT2D eigenvalue weighted by Gasteiger charge is -2.04. The second kappa shape index (κ2) is 7.20. The van der Waals surface area contributed by atoms with Crippen LogP contribution >= 0.6 is 27.5 Å². The van der Waals surface area contributed by atoms with E-state index in [0.717, 1.165) is 10.0 Å². The van der Waals surface area contributed by atoms with E-state index in [-0.39, 0.29) is 16.4 Å². The van der Waals surface area contributed by atoms with Crippen molar-refractivity contribution in [2.75, 3.05) is 5.32 Å². The predicted molar refractivity (Wildman–Crippen MR) is 89.9 cm³/mol. The van der Waals surface area contributed by atoms with Crippen molar-refractivity contribution < 1.29 is 9.72 Å². The Morgan fingerprint density at radius 3 is 2.55 bits per heavy atom. The molecule has 0 aromatic heterocycles. The molecule has 0 radical (unpaired) electrons. The van der Waals surface area contributed by atoms with Gasteiger partial charge in [0, 0.05) is 22.7 Å². The molecule has 2 aromatic carbocycles. The molecule has 112 valence electrons. The number of amides is 1. The van der Waals surface area contributed by atoms with Crippen molar-refractivity contribution >= 4 is 50.9 Å². The van der Waals surface area contributed by atoms with Crippen LogP contribution in [0.3, 0.4) is 0 Å². The minimum Gasteiger partial charge on any atom is -0.321 e. The maximum absolute atomic E-state index is 11.9. The molecule has 2 rings (SSSR count). The van der Waals surface area contributed by atoms with Crippen LogP contribution in [0, 0.1) is 10.1 Å². The molecule has 1 N–H and O–H groups in total. The summed E-state index contributed by atoms with van der Waals surface area (Å²) < 4.78 is 0.942. The van der Waals surface area contributed by atoms with Crippen molar-refractivity contribution in [2.45, 2.75) is 0 Å². The first-order chi connectivity index (χ1) is 10.5. The third-order valence-corrected chi connectivity index (χ3v) is 3.57. The van der Waals surface area contributed by atoms with Crippen LogP contribution < -0.4 is 5.32 Å². The van der Waals surface area contributed by atoms with Crippen molar-refractivity contribution in [3.63, 3.8) is 0 Å². The van der Waals surface area contributed by atoms with Gasteiger partial charge >= 0.3 is 0 Å². The van der Waals surface area contributed by atoms with Crippen LogP contribution in [0.25, 0.3) is 6.08 Å². The molecule has 0 unspecified atom stereocenters. The highest BCUT2D eigenvalue weighted by molar-refractivity contribution is 9.10. The van der Waals surface area contributed by atoms with E-state index in [4.69, 9.17) is 11.6 Å². The quantitative estimate of drug-likeness (QED) is 0.475. The van der Waals surface area contributed by atoms with E-state index in [2.05, 4.69) is 21.2 Å². The number of anilines is 1. The number of carbonyl (C=O) groups excluding carboxylic acids is 1. The van der Waals surface area contributed by atoms with Crippen molar-refractivity contribution in [3.05, 3.63) is 73.7 Å². The van der Waals surface area contributed by atoms with Crippen molar-refractivity contribution in [3.8, 4) is 0 Å². The van der Waals surface area contributed by atoms with Gasteiger partial charge in [-0.2, -0.15) is 0 Å². The molecule has 0 atom stereocenters. The van der Waals surface area contributed by atoms with Crippen LogP contribution in [-0.4, -0.2) is 10.8 Å². The van der Waals surface area contributed by atoms with Gasteiger partial charge in [-0.15, -0.1) is 0 Å². The normalized spacial score (nSPS) is 10.6. The Hall–Kier alpha value is -2.18. The maximum atomic E-state index is 11.9. The molecule has 0 aliphatic rings. The van der Waals surface area contributed by atoms with Gasteiger partial charge in [0.2, 0.25) is 5.91 Å². The Balaban J connectivity index is 2.10. The Bertz CT molecular complexity index is 745. The number of benzene rings is 2. The third-order valence-electron chi connectivity index (χ3n) is 2.72. The second-order valence-electron chi connectivity index (χ2n) is 4.30. The standard InChI is InChI=1S/C15H10BrClN2O3/c16-11-4-1-10(2-5-11)3-8-15(20)18-14-9-12(19(21)22)6-7-13(14)17/h1-9H,(H,18,20). The van der Waals surface area contributed by atoms with Crippen molar-refractivity contribution in [1.82, 2.24) is 0 Å². The first-order valence-corrected chi connectivity index (χ1v) is 7.31. The van der Waals surface area contributed by atoms with Gasteiger partial charge in [0.1, 0.15) is 0 Å². The lowest BCUT2D eigenvalue weighted by molar-refractivity contribution is -0.384. The number of hydrogen-bond donors (Lipinski definition) is 1. The fourth-order valence-electron chi connectivity index (χ4n) is 1.64. The molecule has 1 amide bonds. The van der Waals surface area contributed by atoms with Gasteiger partial charge < -0.3 is 5.32 Å². The topological polar surface area (TPSA) is 72.2 Å². The molecular formula is C15H10BrClN2O3. The second-order valence-corrected chi connectivity index (χ2v) is 5.62. The van der Waals surface area contributed by atoms with E-state index in [1.54, 1.807) is 6.08 Å². The number of non-ortho nitro benzene ring substituents is 1. The minimum atomic E-state index is -0.552. The van der Waals surface area contributed by atoms with Crippen LogP contribution in [0.5, 0.6) is 0 Å². The van der Waals surface area contributed by atoms with Gasteiger partial charge in [0.25, 0.3) is 5.69 Å². The Morgan fingerprint density at radius 2 is 1.91 bits per heavy atom.